The van der Waals surface area contributed by atoms with Crippen LogP contribution < -0.4 is 5.32 Å². The molecule has 0 radical (unpaired) electrons. The predicted octanol–water partition coefficient (Wildman–Crippen LogP) is 2.31. The van der Waals surface area contributed by atoms with Crippen LogP contribution in [0.3, 0.4) is 0 Å². The fourth-order valence-corrected chi connectivity index (χ4v) is 2.50. The highest BCUT2D eigenvalue weighted by atomic mass is 16.5. The third kappa shape index (κ3) is 3.15. The topological polar surface area (TPSA) is 68.8 Å². The molecule has 0 unspecified atom stereocenters. The van der Waals surface area contributed by atoms with Gasteiger partial charge >= 0.3 is 0 Å². The molecule has 2 aromatic rings. The summed E-state index contributed by atoms with van der Waals surface area (Å²) in [6.45, 7) is 8.77. The maximum absolute atomic E-state index is 5.33. The van der Waals surface area contributed by atoms with Crippen molar-refractivity contribution in [2.24, 2.45) is 0 Å². The van der Waals surface area contributed by atoms with Gasteiger partial charge in [0, 0.05) is 23.7 Å². The molecule has 1 aliphatic carbocycles. The van der Waals surface area contributed by atoms with Crippen LogP contribution in [0.25, 0.3) is 0 Å². The van der Waals surface area contributed by atoms with Gasteiger partial charge in [-0.25, -0.2) is 0 Å². The first-order chi connectivity index (χ1) is 10.2. The van der Waals surface area contributed by atoms with E-state index in [0.29, 0.717) is 18.4 Å². The number of aromatic nitrogens is 4. The molecule has 3 rings (SSSR count). The second-order valence-corrected chi connectivity index (χ2v) is 5.80. The van der Waals surface area contributed by atoms with E-state index in [0.717, 1.165) is 31.0 Å². The van der Waals surface area contributed by atoms with E-state index in [1.165, 1.54) is 24.1 Å². The lowest BCUT2D eigenvalue weighted by molar-refractivity contribution is 0.360. The molecular weight excluding hydrogens is 266 g/mol. The molecule has 21 heavy (non-hydrogen) atoms. The molecule has 0 spiro atoms. The molecule has 1 aliphatic rings. The Kier molecular flexibility index (Phi) is 4.05. The molecule has 1 N–H and O–H groups in total. The minimum Gasteiger partial charge on any atom is -0.337 e. The Balaban J connectivity index is 1.70. The summed E-state index contributed by atoms with van der Waals surface area (Å²) in [5, 5.41) is 12.1. The summed E-state index contributed by atoms with van der Waals surface area (Å²) in [4.78, 5) is 4.47. The molecule has 2 aromatic heterocycles. The minimum atomic E-state index is 0.525. The third-order valence-electron chi connectivity index (χ3n) is 3.97. The molecule has 114 valence electrons. The Labute approximate surface area is 124 Å². The van der Waals surface area contributed by atoms with E-state index in [2.05, 4.69) is 41.3 Å². The highest BCUT2D eigenvalue weighted by molar-refractivity contribution is 5.24. The van der Waals surface area contributed by atoms with Gasteiger partial charge in [-0.15, -0.1) is 0 Å². The first kappa shape index (κ1) is 14.3. The van der Waals surface area contributed by atoms with Crippen LogP contribution in [0.15, 0.2) is 4.52 Å². The quantitative estimate of drug-likeness (QED) is 0.792. The van der Waals surface area contributed by atoms with Crippen LogP contribution in [0, 0.1) is 13.8 Å². The largest absolute Gasteiger partial charge is 0.337 e. The Hall–Kier alpha value is -1.69. The fraction of sp³-hybridized carbons (Fsp3) is 0.667. The van der Waals surface area contributed by atoms with Gasteiger partial charge in [0.05, 0.1) is 5.69 Å². The van der Waals surface area contributed by atoms with E-state index in [-0.39, 0.29) is 0 Å². The van der Waals surface area contributed by atoms with Crippen LogP contribution in [0.2, 0.25) is 0 Å². The second-order valence-electron chi connectivity index (χ2n) is 5.80. The number of rotatable bonds is 7. The molecule has 0 bridgehead atoms. The average Bonchev–Trinajstić information content (AvgIpc) is 3.16. The molecule has 0 atom stereocenters. The van der Waals surface area contributed by atoms with Crippen molar-refractivity contribution in [1.29, 1.82) is 0 Å². The zero-order chi connectivity index (χ0) is 14.8. The second kappa shape index (κ2) is 5.97. The molecule has 0 aromatic carbocycles. The van der Waals surface area contributed by atoms with Gasteiger partial charge in [0.2, 0.25) is 5.89 Å². The highest BCUT2D eigenvalue weighted by Gasteiger charge is 2.28. The zero-order valence-electron chi connectivity index (χ0n) is 13.0. The summed E-state index contributed by atoms with van der Waals surface area (Å²) in [7, 11) is 0. The van der Waals surface area contributed by atoms with Crippen molar-refractivity contribution in [3.05, 3.63) is 28.7 Å². The van der Waals surface area contributed by atoms with Crippen molar-refractivity contribution in [3.8, 4) is 0 Å². The predicted molar refractivity (Wildman–Crippen MR) is 79.1 cm³/mol. The lowest BCUT2D eigenvalue weighted by Gasteiger charge is -2.04. The third-order valence-corrected chi connectivity index (χ3v) is 3.97. The zero-order valence-corrected chi connectivity index (χ0v) is 13.0. The summed E-state index contributed by atoms with van der Waals surface area (Å²) < 4.78 is 7.30. The molecule has 0 aliphatic heterocycles. The van der Waals surface area contributed by atoms with Gasteiger partial charge in [-0.2, -0.15) is 10.1 Å². The van der Waals surface area contributed by atoms with E-state index in [1.54, 1.807) is 0 Å². The van der Waals surface area contributed by atoms with Crippen molar-refractivity contribution in [2.45, 2.75) is 59.0 Å². The monoisotopic (exact) mass is 289 g/mol. The number of nitrogens with one attached hydrogen (secondary N) is 1. The fourth-order valence-electron chi connectivity index (χ4n) is 2.50. The van der Waals surface area contributed by atoms with Gasteiger partial charge in [0.1, 0.15) is 6.54 Å². The minimum absolute atomic E-state index is 0.525. The summed E-state index contributed by atoms with van der Waals surface area (Å²) in [5.74, 6) is 2.03. The molecule has 0 amide bonds. The van der Waals surface area contributed by atoms with Crippen LogP contribution in [0.1, 0.15) is 60.8 Å². The van der Waals surface area contributed by atoms with Crippen LogP contribution in [0.4, 0.5) is 0 Å². The van der Waals surface area contributed by atoms with E-state index in [9.17, 15) is 0 Å². The summed E-state index contributed by atoms with van der Waals surface area (Å²) >= 11 is 0. The molecule has 2 heterocycles. The summed E-state index contributed by atoms with van der Waals surface area (Å²) in [5.41, 5.74) is 3.51. The maximum atomic E-state index is 5.33. The molecule has 1 saturated carbocycles. The van der Waals surface area contributed by atoms with E-state index in [1.807, 2.05) is 4.68 Å². The first-order valence-electron chi connectivity index (χ1n) is 7.75. The smallest absolute Gasteiger partial charge is 0.248 e. The van der Waals surface area contributed by atoms with Gasteiger partial charge in [0.15, 0.2) is 5.82 Å². The van der Waals surface area contributed by atoms with Crippen molar-refractivity contribution >= 4 is 0 Å². The van der Waals surface area contributed by atoms with Gasteiger partial charge in [0.25, 0.3) is 0 Å². The Morgan fingerprint density at radius 2 is 2.14 bits per heavy atom. The van der Waals surface area contributed by atoms with Crippen molar-refractivity contribution in [3.63, 3.8) is 0 Å². The van der Waals surface area contributed by atoms with Crippen LogP contribution in [-0.2, 0) is 13.1 Å². The van der Waals surface area contributed by atoms with Crippen molar-refractivity contribution in [2.75, 3.05) is 6.54 Å². The maximum Gasteiger partial charge on any atom is 0.248 e. The summed E-state index contributed by atoms with van der Waals surface area (Å²) in [6, 6.07) is 0. The summed E-state index contributed by atoms with van der Waals surface area (Å²) in [6.07, 6.45) is 3.51. The van der Waals surface area contributed by atoms with Crippen molar-refractivity contribution in [1.82, 2.24) is 25.2 Å². The van der Waals surface area contributed by atoms with Gasteiger partial charge in [-0.1, -0.05) is 12.1 Å². The average molecular weight is 289 g/mol. The van der Waals surface area contributed by atoms with E-state index in [4.69, 9.17) is 4.52 Å². The van der Waals surface area contributed by atoms with Gasteiger partial charge in [-0.3, -0.25) is 4.68 Å². The number of hydrogen-bond acceptors (Lipinski definition) is 5. The standard InChI is InChI=1S/C15H23N5O/c1-4-7-16-8-13-10(2)18-20(11(13)3)9-14-17-15(19-21-14)12-5-6-12/h12,16H,4-9H2,1-3H3. The highest BCUT2D eigenvalue weighted by Crippen LogP contribution is 2.38. The molecule has 1 fully saturated rings. The Morgan fingerprint density at radius 3 is 2.86 bits per heavy atom. The molecule has 6 heteroatoms. The van der Waals surface area contributed by atoms with Gasteiger partial charge in [-0.05, 0) is 39.7 Å². The Morgan fingerprint density at radius 1 is 1.33 bits per heavy atom. The lowest BCUT2D eigenvalue weighted by atomic mass is 10.2. The normalized spacial score (nSPS) is 14.8. The van der Waals surface area contributed by atoms with Crippen molar-refractivity contribution < 1.29 is 4.52 Å². The molecular formula is C15H23N5O. The van der Waals surface area contributed by atoms with Crippen LogP contribution in [-0.4, -0.2) is 26.5 Å². The number of aryl methyl sites for hydroxylation is 1. The number of nitrogens with zero attached hydrogens (tertiary/aromatic N) is 4. The van der Waals surface area contributed by atoms with Crippen LogP contribution >= 0.6 is 0 Å². The SMILES string of the molecule is CCCNCc1c(C)nn(Cc2nc(C3CC3)no2)c1C. The van der Waals surface area contributed by atoms with Gasteiger partial charge < -0.3 is 9.84 Å². The first-order valence-corrected chi connectivity index (χ1v) is 7.75. The number of hydrogen-bond donors (Lipinski definition) is 1. The van der Waals surface area contributed by atoms with E-state index < -0.39 is 0 Å². The lowest BCUT2D eigenvalue weighted by Crippen LogP contribution is -2.15. The molecule has 6 nitrogen and oxygen atoms in total. The van der Waals surface area contributed by atoms with Crippen LogP contribution in [0.5, 0.6) is 0 Å². The van der Waals surface area contributed by atoms with E-state index >= 15 is 0 Å². The molecule has 0 saturated heterocycles. The Bertz CT molecular complexity index is 612.